The van der Waals surface area contributed by atoms with Gasteiger partial charge in [-0.15, -0.1) is 0 Å². The van der Waals surface area contributed by atoms with Gasteiger partial charge in [0, 0.05) is 7.11 Å². The monoisotopic (exact) mass is 160 g/mol. The zero-order valence-electron chi connectivity index (χ0n) is 7.16. The second-order valence-electron chi connectivity index (χ2n) is 2.99. The van der Waals surface area contributed by atoms with Crippen molar-refractivity contribution in [1.29, 1.82) is 0 Å². The van der Waals surface area contributed by atoms with Crippen LogP contribution in [0.3, 0.4) is 0 Å². The number of allylic oxidation sites excluding steroid dienone is 1. The Morgan fingerprint density at radius 1 is 1.33 bits per heavy atom. The molecule has 0 heterocycles. The van der Waals surface area contributed by atoms with Gasteiger partial charge in [0.25, 0.3) is 0 Å². The summed E-state index contributed by atoms with van der Waals surface area (Å²) in [5, 5.41) is 0. The van der Waals surface area contributed by atoms with Crippen LogP contribution in [0.5, 0.6) is 0 Å². The Bertz CT molecular complexity index is 302. The average molecular weight is 160 g/mol. The van der Waals surface area contributed by atoms with Crippen LogP contribution in [0, 0.1) is 0 Å². The highest BCUT2D eigenvalue weighted by Gasteiger charge is 2.13. The lowest BCUT2D eigenvalue weighted by atomic mass is 9.95. The van der Waals surface area contributed by atoms with E-state index in [-0.39, 0.29) is 6.10 Å². The Balaban J connectivity index is 2.43. The summed E-state index contributed by atoms with van der Waals surface area (Å²) >= 11 is 0. The highest BCUT2D eigenvalue weighted by molar-refractivity contribution is 5.36. The summed E-state index contributed by atoms with van der Waals surface area (Å²) in [6.45, 7) is 0. The molecular formula is C11H12O. The predicted molar refractivity (Wildman–Crippen MR) is 49.0 cm³/mol. The number of hydrogen-bond acceptors (Lipinski definition) is 1. The molecule has 0 fully saturated rings. The van der Waals surface area contributed by atoms with Gasteiger partial charge in [-0.05, 0) is 17.5 Å². The van der Waals surface area contributed by atoms with Gasteiger partial charge in [0.15, 0.2) is 0 Å². The van der Waals surface area contributed by atoms with Crippen molar-refractivity contribution in [2.45, 2.75) is 12.5 Å². The summed E-state index contributed by atoms with van der Waals surface area (Å²) in [6.07, 6.45) is 5.48. The standard InChI is InChI=1S/C11H12O/c1-12-11-8-4-6-9-5-2-3-7-10(9)11/h2-5,7-8,11H,6H2,1H3/t11-/m0/s1. The molecule has 62 valence electrons. The van der Waals surface area contributed by atoms with Crippen molar-refractivity contribution in [2.75, 3.05) is 7.11 Å². The third-order valence-corrected chi connectivity index (χ3v) is 2.26. The molecular weight excluding hydrogens is 148 g/mol. The molecule has 0 aromatic heterocycles. The quantitative estimate of drug-likeness (QED) is 0.573. The van der Waals surface area contributed by atoms with Crippen LogP contribution < -0.4 is 0 Å². The Hall–Kier alpha value is -1.08. The van der Waals surface area contributed by atoms with Gasteiger partial charge < -0.3 is 4.74 Å². The van der Waals surface area contributed by atoms with E-state index < -0.39 is 0 Å². The first-order chi connectivity index (χ1) is 5.92. The van der Waals surface area contributed by atoms with E-state index in [0.29, 0.717) is 0 Å². The minimum absolute atomic E-state index is 0.162. The topological polar surface area (TPSA) is 9.23 Å². The van der Waals surface area contributed by atoms with E-state index in [1.54, 1.807) is 7.11 Å². The van der Waals surface area contributed by atoms with Gasteiger partial charge in [0.2, 0.25) is 0 Å². The smallest absolute Gasteiger partial charge is 0.101 e. The lowest BCUT2D eigenvalue weighted by Crippen LogP contribution is -2.05. The fourth-order valence-corrected chi connectivity index (χ4v) is 1.63. The first kappa shape index (κ1) is 7.56. The van der Waals surface area contributed by atoms with Gasteiger partial charge in [-0.25, -0.2) is 0 Å². The molecule has 1 aliphatic rings. The van der Waals surface area contributed by atoms with Gasteiger partial charge in [-0.1, -0.05) is 36.4 Å². The van der Waals surface area contributed by atoms with E-state index in [4.69, 9.17) is 4.74 Å². The molecule has 1 aliphatic carbocycles. The number of hydrogen-bond donors (Lipinski definition) is 0. The molecule has 0 amide bonds. The van der Waals surface area contributed by atoms with Crippen LogP contribution in [0.1, 0.15) is 17.2 Å². The molecule has 0 N–H and O–H groups in total. The molecule has 0 saturated heterocycles. The number of benzene rings is 1. The van der Waals surface area contributed by atoms with Crippen molar-refractivity contribution in [1.82, 2.24) is 0 Å². The van der Waals surface area contributed by atoms with Crippen molar-refractivity contribution in [2.24, 2.45) is 0 Å². The van der Waals surface area contributed by atoms with Crippen LogP contribution in [0.2, 0.25) is 0 Å². The third kappa shape index (κ3) is 1.16. The van der Waals surface area contributed by atoms with Crippen LogP contribution in [0.4, 0.5) is 0 Å². The average Bonchev–Trinajstić information content (AvgIpc) is 2.17. The molecule has 0 spiro atoms. The fourth-order valence-electron chi connectivity index (χ4n) is 1.63. The summed E-state index contributed by atoms with van der Waals surface area (Å²) in [5.74, 6) is 0. The van der Waals surface area contributed by atoms with Crippen LogP contribution in [0.15, 0.2) is 36.4 Å². The van der Waals surface area contributed by atoms with Gasteiger partial charge in [-0.2, -0.15) is 0 Å². The highest BCUT2D eigenvalue weighted by atomic mass is 16.5. The summed E-state index contributed by atoms with van der Waals surface area (Å²) < 4.78 is 5.33. The molecule has 0 radical (unpaired) electrons. The second-order valence-corrected chi connectivity index (χ2v) is 2.99. The fraction of sp³-hybridized carbons (Fsp3) is 0.273. The molecule has 2 rings (SSSR count). The SMILES string of the molecule is CO[C@H]1C=CCc2ccccc21. The first-order valence-corrected chi connectivity index (χ1v) is 4.19. The summed E-state index contributed by atoms with van der Waals surface area (Å²) in [5.41, 5.74) is 2.69. The van der Waals surface area contributed by atoms with Crippen LogP contribution in [0.25, 0.3) is 0 Å². The first-order valence-electron chi connectivity index (χ1n) is 4.19. The van der Waals surface area contributed by atoms with Crippen LogP contribution >= 0.6 is 0 Å². The number of rotatable bonds is 1. The highest BCUT2D eigenvalue weighted by Crippen LogP contribution is 2.26. The van der Waals surface area contributed by atoms with E-state index >= 15 is 0 Å². The van der Waals surface area contributed by atoms with Crippen molar-refractivity contribution in [3.05, 3.63) is 47.5 Å². The van der Waals surface area contributed by atoms with E-state index in [2.05, 4.69) is 36.4 Å². The molecule has 1 aromatic carbocycles. The molecule has 1 nitrogen and oxygen atoms in total. The zero-order chi connectivity index (χ0) is 8.39. The van der Waals surface area contributed by atoms with E-state index in [9.17, 15) is 0 Å². The maximum Gasteiger partial charge on any atom is 0.101 e. The molecule has 0 bridgehead atoms. The third-order valence-electron chi connectivity index (χ3n) is 2.26. The van der Waals surface area contributed by atoms with E-state index in [1.807, 2.05) is 0 Å². The van der Waals surface area contributed by atoms with Crippen molar-refractivity contribution >= 4 is 0 Å². The number of methoxy groups -OCH3 is 1. The largest absolute Gasteiger partial charge is 0.373 e. The minimum atomic E-state index is 0.162. The van der Waals surface area contributed by atoms with Crippen LogP contribution in [-0.2, 0) is 11.2 Å². The van der Waals surface area contributed by atoms with Gasteiger partial charge in [-0.3, -0.25) is 0 Å². The molecule has 1 aromatic rings. The van der Waals surface area contributed by atoms with Crippen molar-refractivity contribution in [3.63, 3.8) is 0 Å². The summed E-state index contributed by atoms with van der Waals surface area (Å²) in [4.78, 5) is 0. The lowest BCUT2D eigenvalue weighted by molar-refractivity contribution is 0.140. The molecule has 1 atom stereocenters. The molecule has 0 aliphatic heterocycles. The summed E-state index contributed by atoms with van der Waals surface area (Å²) in [6, 6.07) is 8.42. The van der Waals surface area contributed by atoms with E-state index in [1.165, 1.54) is 11.1 Å². The van der Waals surface area contributed by atoms with Crippen LogP contribution in [-0.4, -0.2) is 7.11 Å². The molecule has 0 unspecified atom stereocenters. The lowest BCUT2D eigenvalue weighted by Gasteiger charge is -2.18. The molecule has 0 saturated carbocycles. The predicted octanol–water partition coefficient (Wildman–Crippen LogP) is 2.49. The second kappa shape index (κ2) is 3.11. The minimum Gasteiger partial charge on any atom is -0.373 e. The normalized spacial score (nSPS) is 20.6. The van der Waals surface area contributed by atoms with Crippen molar-refractivity contribution in [3.8, 4) is 0 Å². The van der Waals surface area contributed by atoms with Gasteiger partial charge in [0.05, 0.1) is 0 Å². The van der Waals surface area contributed by atoms with Gasteiger partial charge >= 0.3 is 0 Å². The Morgan fingerprint density at radius 2 is 2.17 bits per heavy atom. The molecule has 1 heteroatoms. The van der Waals surface area contributed by atoms with E-state index in [0.717, 1.165) is 6.42 Å². The number of ether oxygens (including phenoxy) is 1. The molecule has 12 heavy (non-hydrogen) atoms. The Labute approximate surface area is 72.7 Å². The summed E-state index contributed by atoms with van der Waals surface area (Å²) in [7, 11) is 1.75. The Morgan fingerprint density at radius 3 is 3.00 bits per heavy atom. The number of fused-ring (bicyclic) bond motifs is 1. The van der Waals surface area contributed by atoms with Crippen molar-refractivity contribution < 1.29 is 4.74 Å². The van der Waals surface area contributed by atoms with Gasteiger partial charge in [0.1, 0.15) is 6.10 Å². The maximum absolute atomic E-state index is 5.33. The maximum atomic E-state index is 5.33. The zero-order valence-corrected chi connectivity index (χ0v) is 7.16. The Kier molecular flexibility index (Phi) is 1.96.